The van der Waals surface area contributed by atoms with Gasteiger partial charge in [-0.15, -0.1) is 12.6 Å². The molecule has 64 valence electrons. The predicted molar refractivity (Wildman–Crippen MR) is 55.5 cm³/mol. The fourth-order valence-electron chi connectivity index (χ4n) is 1.18. The van der Waals surface area contributed by atoms with Gasteiger partial charge in [0.1, 0.15) is 6.07 Å². The van der Waals surface area contributed by atoms with Gasteiger partial charge in [-0.2, -0.15) is 5.26 Å². The van der Waals surface area contributed by atoms with Crippen LogP contribution in [0.15, 0.2) is 23.1 Å². The summed E-state index contributed by atoms with van der Waals surface area (Å²) >= 11 is 5.44. The molecule has 0 saturated heterocycles. The van der Waals surface area contributed by atoms with Gasteiger partial charge >= 0.3 is 0 Å². The highest BCUT2D eigenvalue weighted by Gasteiger charge is 2.07. The van der Waals surface area contributed by atoms with Gasteiger partial charge in [0.05, 0.1) is 10.3 Å². The third-order valence-electron chi connectivity index (χ3n) is 1.77. The average Bonchev–Trinajstić information content (AvgIpc) is 2.48. The van der Waals surface area contributed by atoms with Crippen LogP contribution in [0.1, 0.15) is 5.56 Å². The topological polar surface area (TPSA) is 44.0 Å². The van der Waals surface area contributed by atoms with E-state index in [-0.39, 0.29) is 5.06 Å². The zero-order chi connectivity index (χ0) is 9.42. The Morgan fingerprint density at radius 1 is 1.46 bits per heavy atom. The molecule has 0 saturated carbocycles. The fraction of sp³-hybridized carbons (Fsp3) is 0. The van der Waals surface area contributed by atoms with Gasteiger partial charge in [0.15, 0.2) is 5.06 Å². The Balaban J connectivity index is 2.94. The number of hydrogen-bond acceptors (Lipinski definition) is 4. The largest absolute Gasteiger partial charge is 0.499 e. The van der Waals surface area contributed by atoms with Gasteiger partial charge in [0, 0.05) is 16.3 Å². The lowest BCUT2D eigenvalue weighted by Crippen LogP contribution is -1.74. The summed E-state index contributed by atoms with van der Waals surface area (Å²) in [6.45, 7) is 0. The molecule has 1 heterocycles. The SMILES string of the molecule is N#Cc1ccc(S)c2cc(O)sc12. The lowest BCUT2D eigenvalue weighted by molar-refractivity contribution is 0.491. The molecule has 13 heavy (non-hydrogen) atoms. The standard InChI is InChI=1S/C9H5NOS2/c10-4-5-1-2-7(12)6-3-8(11)13-9(5)6/h1-3,11-12H. The number of thiophene rings is 1. The minimum absolute atomic E-state index is 0.216. The van der Waals surface area contributed by atoms with Gasteiger partial charge in [-0.3, -0.25) is 0 Å². The third-order valence-corrected chi connectivity index (χ3v) is 3.13. The van der Waals surface area contributed by atoms with E-state index in [1.165, 1.54) is 11.3 Å². The van der Waals surface area contributed by atoms with Crippen molar-refractivity contribution < 1.29 is 5.11 Å². The van der Waals surface area contributed by atoms with Crippen LogP contribution in [0.25, 0.3) is 10.1 Å². The smallest absolute Gasteiger partial charge is 0.172 e. The summed E-state index contributed by atoms with van der Waals surface area (Å²) in [5.74, 6) is 0. The number of hydrogen-bond donors (Lipinski definition) is 2. The molecule has 0 aliphatic rings. The van der Waals surface area contributed by atoms with Crippen molar-refractivity contribution in [3.8, 4) is 11.1 Å². The second-order valence-corrected chi connectivity index (χ2v) is 4.08. The molecule has 0 bridgehead atoms. The van der Waals surface area contributed by atoms with Crippen molar-refractivity contribution in [2.24, 2.45) is 0 Å². The molecule has 1 N–H and O–H groups in total. The quantitative estimate of drug-likeness (QED) is 0.652. The van der Waals surface area contributed by atoms with E-state index in [2.05, 4.69) is 18.7 Å². The predicted octanol–water partition coefficient (Wildman–Crippen LogP) is 2.77. The van der Waals surface area contributed by atoms with Gasteiger partial charge in [0.2, 0.25) is 0 Å². The summed E-state index contributed by atoms with van der Waals surface area (Å²) in [6.07, 6.45) is 0. The van der Waals surface area contributed by atoms with Crippen LogP contribution >= 0.6 is 24.0 Å². The van der Waals surface area contributed by atoms with Gasteiger partial charge < -0.3 is 5.11 Å². The molecule has 1 aromatic heterocycles. The van der Waals surface area contributed by atoms with E-state index in [0.717, 1.165) is 15.0 Å². The van der Waals surface area contributed by atoms with Crippen molar-refractivity contribution in [3.05, 3.63) is 23.8 Å². The van der Waals surface area contributed by atoms with Crippen LogP contribution in [0.5, 0.6) is 5.06 Å². The van der Waals surface area contributed by atoms with Gasteiger partial charge in [-0.25, -0.2) is 0 Å². The number of thiol groups is 1. The summed E-state index contributed by atoms with van der Waals surface area (Å²) in [4.78, 5) is 0.783. The minimum Gasteiger partial charge on any atom is -0.499 e. The first kappa shape index (κ1) is 8.42. The molecular weight excluding hydrogens is 202 g/mol. The third kappa shape index (κ3) is 1.26. The van der Waals surface area contributed by atoms with Crippen molar-refractivity contribution in [2.45, 2.75) is 4.90 Å². The molecule has 1 aromatic carbocycles. The second kappa shape index (κ2) is 2.95. The lowest BCUT2D eigenvalue weighted by Gasteiger charge is -1.94. The van der Waals surface area contributed by atoms with E-state index in [9.17, 15) is 5.11 Å². The number of rotatable bonds is 0. The van der Waals surface area contributed by atoms with Gasteiger partial charge in [-0.05, 0) is 12.1 Å². The first-order valence-corrected chi connectivity index (χ1v) is 4.83. The van der Waals surface area contributed by atoms with Crippen molar-refractivity contribution >= 4 is 34.1 Å². The van der Waals surface area contributed by atoms with E-state index in [1.54, 1.807) is 18.2 Å². The Labute approximate surface area is 84.5 Å². The molecule has 0 aliphatic carbocycles. The average molecular weight is 207 g/mol. The molecule has 0 spiro atoms. The zero-order valence-electron chi connectivity index (χ0n) is 6.48. The van der Waals surface area contributed by atoms with Crippen LogP contribution in [0.4, 0.5) is 0 Å². The van der Waals surface area contributed by atoms with E-state index in [1.807, 2.05) is 0 Å². The zero-order valence-corrected chi connectivity index (χ0v) is 8.19. The molecule has 0 atom stereocenters. The first-order chi connectivity index (χ1) is 6.22. The Morgan fingerprint density at radius 2 is 2.23 bits per heavy atom. The van der Waals surface area contributed by atoms with E-state index in [4.69, 9.17) is 5.26 Å². The van der Waals surface area contributed by atoms with Gasteiger partial charge in [-0.1, -0.05) is 11.3 Å². The maximum atomic E-state index is 9.28. The van der Waals surface area contributed by atoms with Crippen LogP contribution in [-0.2, 0) is 0 Å². The van der Waals surface area contributed by atoms with Gasteiger partial charge in [0.25, 0.3) is 0 Å². The van der Waals surface area contributed by atoms with Crippen LogP contribution in [-0.4, -0.2) is 5.11 Å². The molecular formula is C9H5NOS2. The maximum absolute atomic E-state index is 9.28. The highest BCUT2D eigenvalue weighted by molar-refractivity contribution is 7.80. The van der Waals surface area contributed by atoms with Crippen molar-refractivity contribution in [1.82, 2.24) is 0 Å². The van der Waals surface area contributed by atoms with E-state index in [0.29, 0.717) is 5.56 Å². The summed E-state index contributed by atoms with van der Waals surface area (Å²) < 4.78 is 0.799. The second-order valence-electron chi connectivity index (χ2n) is 2.57. The normalized spacial score (nSPS) is 10.2. The van der Waals surface area contributed by atoms with Crippen LogP contribution in [0.2, 0.25) is 0 Å². The monoisotopic (exact) mass is 207 g/mol. The fourth-order valence-corrected chi connectivity index (χ4v) is 2.40. The molecule has 0 aliphatic heterocycles. The minimum atomic E-state index is 0.216. The van der Waals surface area contributed by atoms with Crippen molar-refractivity contribution in [1.29, 1.82) is 5.26 Å². The number of aromatic hydroxyl groups is 1. The van der Waals surface area contributed by atoms with E-state index < -0.39 is 0 Å². The van der Waals surface area contributed by atoms with Crippen LogP contribution in [0.3, 0.4) is 0 Å². The number of nitriles is 1. The Hall–Kier alpha value is -1.18. The molecule has 2 nitrogen and oxygen atoms in total. The summed E-state index contributed by atoms with van der Waals surface area (Å²) in [5, 5.41) is 19.1. The van der Waals surface area contributed by atoms with Crippen molar-refractivity contribution in [3.63, 3.8) is 0 Å². The highest BCUT2D eigenvalue weighted by atomic mass is 32.1. The molecule has 2 aromatic rings. The number of fused-ring (bicyclic) bond motifs is 1. The van der Waals surface area contributed by atoms with E-state index >= 15 is 0 Å². The van der Waals surface area contributed by atoms with Crippen LogP contribution in [0, 0.1) is 11.3 Å². The maximum Gasteiger partial charge on any atom is 0.172 e. The molecule has 0 radical (unpaired) electrons. The molecule has 2 rings (SSSR count). The van der Waals surface area contributed by atoms with Crippen LogP contribution < -0.4 is 0 Å². The summed E-state index contributed by atoms with van der Waals surface area (Å²) in [5.41, 5.74) is 0.582. The summed E-state index contributed by atoms with van der Waals surface area (Å²) in [6, 6.07) is 7.17. The highest BCUT2D eigenvalue weighted by Crippen LogP contribution is 2.36. The number of nitrogens with zero attached hydrogens (tertiary/aromatic N) is 1. The summed E-state index contributed by atoms with van der Waals surface area (Å²) in [7, 11) is 0. The number of benzene rings is 1. The molecule has 4 heteroatoms. The molecule has 0 unspecified atom stereocenters. The molecule has 0 fully saturated rings. The lowest BCUT2D eigenvalue weighted by atomic mass is 10.2. The molecule has 0 amide bonds. The first-order valence-electron chi connectivity index (χ1n) is 3.57. The van der Waals surface area contributed by atoms with Crippen molar-refractivity contribution in [2.75, 3.05) is 0 Å². The Morgan fingerprint density at radius 3 is 2.92 bits per heavy atom. The Bertz CT molecular complexity index is 510. The Kier molecular flexibility index (Phi) is 1.91.